The minimum Gasteiger partial charge on any atom is -0.358 e. The molecule has 3 rings (SSSR count). The van der Waals surface area contributed by atoms with Gasteiger partial charge < -0.3 is 10.6 Å². The van der Waals surface area contributed by atoms with Gasteiger partial charge in [0.15, 0.2) is 5.82 Å². The summed E-state index contributed by atoms with van der Waals surface area (Å²) < 4.78 is 0. The van der Waals surface area contributed by atoms with E-state index in [-0.39, 0.29) is 5.91 Å². The van der Waals surface area contributed by atoms with Gasteiger partial charge in [-0.2, -0.15) is 0 Å². The molecule has 6 heteroatoms. The van der Waals surface area contributed by atoms with E-state index in [2.05, 4.69) is 20.6 Å². The van der Waals surface area contributed by atoms with Crippen molar-refractivity contribution in [2.24, 2.45) is 0 Å². The van der Waals surface area contributed by atoms with Crippen molar-refractivity contribution in [1.29, 1.82) is 0 Å². The lowest BCUT2D eigenvalue weighted by molar-refractivity contribution is -0.117. The Morgan fingerprint density at radius 3 is 2.36 bits per heavy atom. The Labute approximate surface area is 170 Å². The zero-order valence-electron chi connectivity index (χ0n) is 16.2. The fourth-order valence-electron chi connectivity index (χ4n) is 2.77. The largest absolute Gasteiger partial charge is 0.358 e. The number of aromatic nitrogens is 2. The molecule has 2 aromatic carbocycles. The lowest BCUT2D eigenvalue weighted by Crippen LogP contribution is -2.34. The number of amides is 1. The molecule has 0 bridgehead atoms. The third-order valence-electron chi connectivity index (χ3n) is 4.57. The summed E-state index contributed by atoms with van der Waals surface area (Å²) in [6.45, 7) is 5.85. The van der Waals surface area contributed by atoms with Gasteiger partial charge in [0.25, 0.3) is 0 Å². The SMILES string of the molecule is CCC(Nc1nc(-c2ccc(Cl)cc2)nc(C)c1C)C(=O)Nc1ccccc1. The topological polar surface area (TPSA) is 66.9 Å². The van der Waals surface area contributed by atoms with Crippen LogP contribution in [0.5, 0.6) is 0 Å². The van der Waals surface area contributed by atoms with E-state index in [1.165, 1.54) is 0 Å². The molecule has 1 atom stereocenters. The van der Waals surface area contributed by atoms with Gasteiger partial charge in [-0.15, -0.1) is 0 Å². The highest BCUT2D eigenvalue weighted by Gasteiger charge is 2.19. The molecule has 2 N–H and O–H groups in total. The standard InChI is InChI=1S/C22H23ClN4O/c1-4-19(22(28)25-18-8-6-5-7-9-18)26-20-14(2)15(3)24-21(27-20)16-10-12-17(23)13-11-16/h5-13,19H,4H2,1-3H3,(H,25,28)(H,24,26,27). The van der Waals surface area contributed by atoms with Crippen molar-refractivity contribution in [1.82, 2.24) is 9.97 Å². The normalized spacial score (nSPS) is 11.7. The maximum absolute atomic E-state index is 12.7. The summed E-state index contributed by atoms with van der Waals surface area (Å²) in [6.07, 6.45) is 0.622. The van der Waals surface area contributed by atoms with Gasteiger partial charge in [0.05, 0.1) is 0 Å². The molecular formula is C22H23ClN4O. The molecule has 1 amide bonds. The van der Waals surface area contributed by atoms with Gasteiger partial charge in [-0.05, 0) is 56.7 Å². The Bertz CT molecular complexity index is 958. The molecule has 0 radical (unpaired) electrons. The first-order valence-electron chi connectivity index (χ1n) is 9.21. The van der Waals surface area contributed by atoms with Crippen LogP contribution in [0.25, 0.3) is 11.4 Å². The van der Waals surface area contributed by atoms with E-state index in [0.717, 1.165) is 22.5 Å². The molecular weight excluding hydrogens is 372 g/mol. The summed E-state index contributed by atoms with van der Waals surface area (Å²) >= 11 is 5.98. The zero-order valence-corrected chi connectivity index (χ0v) is 16.9. The van der Waals surface area contributed by atoms with Gasteiger partial charge in [0.1, 0.15) is 11.9 Å². The van der Waals surface area contributed by atoms with E-state index in [0.29, 0.717) is 23.1 Å². The zero-order chi connectivity index (χ0) is 20.1. The third kappa shape index (κ3) is 4.67. The molecule has 1 unspecified atom stereocenters. The van der Waals surface area contributed by atoms with Gasteiger partial charge >= 0.3 is 0 Å². The number of nitrogens with zero attached hydrogens (tertiary/aromatic N) is 2. The minimum atomic E-state index is -0.411. The first-order valence-corrected chi connectivity index (χ1v) is 9.59. The summed E-state index contributed by atoms with van der Waals surface area (Å²) in [5, 5.41) is 6.89. The fourth-order valence-corrected chi connectivity index (χ4v) is 2.89. The minimum absolute atomic E-state index is 0.0996. The summed E-state index contributed by atoms with van der Waals surface area (Å²) in [7, 11) is 0. The molecule has 0 aliphatic rings. The molecule has 144 valence electrons. The van der Waals surface area contributed by atoms with Crippen LogP contribution in [-0.2, 0) is 4.79 Å². The van der Waals surface area contributed by atoms with Gasteiger partial charge in [0.2, 0.25) is 5.91 Å². The molecule has 5 nitrogen and oxygen atoms in total. The third-order valence-corrected chi connectivity index (χ3v) is 4.82. The molecule has 28 heavy (non-hydrogen) atoms. The molecule has 1 aromatic heterocycles. The number of aryl methyl sites for hydroxylation is 1. The van der Waals surface area contributed by atoms with Crippen LogP contribution in [0.4, 0.5) is 11.5 Å². The number of hydrogen-bond donors (Lipinski definition) is 2. The summed E-state index contributed by atoms with van der Waals surface area (Å²) in [6, 6.07) is 16.4. The summed E-state index contributed by atoms with van der Waals surface area (Å²) in [5.74, 6) is 1.16. The van der Waals surface area contributed by atoms with Crippen molar-refractivity contribution in [3.63, 3.8) is 0 Å². The molecule has 0 aliphatic heterocycles. The number of carbonyl (C=O) groups excluding carboxylic acids is 1. The highest BCUT2D eigenvalue weighted by molar-refractivity contribution is 6.30. The second kappa shape index (κ2) is 8.85. The molecule has 3 aromatic rings. The van der Waals surface area contributed by atoms with Crippen LogP contribution in [-0.4, -0.2) is 21.9 Å². The predicted octanol–water partition coefficient (Wildman–Crippen LogP) is 5.24. The Morgan fingerprint density at radius 2 is 1.71 bits per heavy atom. The second-order valence-electron chi connectivity index (χ2n) is 6.57. The van der Waals surface area contributed by atoms with Crippen molar-refractivity contribution in [2.45, 2.75) is 33.2 Å². The molecule has 0 saturated carbocycles. The number of hydrogen-bond acceptors (Lipinski definition) is 4. The second-order valence-corrected chi connectivity index (χ2v) is 7.01. The van der Waals surface area contributed by atoms with Crippen LogP contribution in [0.1, 0.15) is 24.6 Å². The lowest BCUT2D eigenvalue weighted by Gasteiger charge is -2.20. The Morgan fingerprint density at radius 1 is 1.04 bits per heavy atom. The first kappa shape index (κ1) is 19.8. The van der Waals surface area contributed by atoms with Crippen molar-refractivity contribution < 1.29 is 4.79 Å². The van der Waals surface area contributed by atoms with Crippen LogP contribution in [0.2, 0.25) is 5.02 Å². The van der Waals surface area contributed by atoms with Gasteiger partial charge in [-0.3, -0.25) is 4.79 Å². The number of halogens is 1. The van der Waals surface area contributed by atoms with E-state index in [1.54, 1.807) is 0 Å². The average molecular weight is 395 g/mol. The number of carbonyl (C=O) groups is 1. The Kier molecular flexibility index (Phi) is 6.26. The Hall–Kier alpha value is -2.92. The van der Waals surface area contributed by atoms with Gasteiger partial charge in [-0.1, -0.05) is 36.7 Å². The van der Waals surface area contributed by atoms with Crippen LogP contribution < -0.4 is 10.6 Å². The van der Waals surface area contributed by atoms with Crippen LogP contribution in [0.3, 0.4) is 0 Å². The van der Waals surface area contributed by atoms with E-state index >= 15 is 0 Å². The van der Waals surface area contributed by atoms with E-state index in [1.807, 2.05) is 75.4 Å². The quantitative estimate of drug-likeness (QED) is 0.599. The average Bonchev–Trinajstić information content (AvgIpc) is 2.70. The van der Waals surface area contributed by atoms with Crippen molar-refractivity contribution >= 4 is 29.0 Å². The summed E-state index contributed by atoms with van der Waals surface area (Å²) in [4.78, 5) is 22.0. The van der Waals surface area contributed by atoms with Gasteiger partial charge in [0, 0.05) is 27.5 Å². The molecule has 0 saturated heterocycles. The number of para-hydroxylation sites is 1. The molecule has 0 spiro atoms. The van der Waals surface area contributed by atoms with Crippen molar-refractivity contribution in [3.05, 3.63) is 70.9 Å². The van der Waals surface area contributed by atoms with Crippen LogP contribution in [0.15, 0.2) is 54.6 Å². The number of nitrogens with one attached hydrogen (secondary N) is 2. The van der Waals surface area contributed by atoms with Crippen LogP contribution in [0, 0.1) is 13.8 Å². The highest BCUT2D eigenvalue weighted by atomic mass is 35.5. The number of anilines is 2. The first-order chi connectivity index (χ1) is 13.5. The summed E-state index contributed by atoms with van der Waals surface area (Å²) in [5.41, 5.74) is 3.42. The number of benzene rings is 2. The highest BCUT2D eigenvalue weighted by Crippen LogP contribution is 2.24. The number of rotatable bonds is 6. The van der Waals surface area contributed by atoms with Gasteiger partial charge in [-0.25, -0.2) is 9.97 Å². The lowest BCUT2D eigenvalue weighted by atomic mass is 10.1. The van der Waals surface area contributed by atoms with E-state index in [9.17, 15) is 4.79 Å². The van der Waals surface area contributed by atoms with Crippen molar-refractivity contribution in [2.75, 3.05) is 10.6 Å². The molecule has 0 aliphatic carbocycles. The van der Waals surface area contributed by atoms with Crippen molar-refractivity contribution in [3.8, 4) is 11.4 Å². The smallest absolute Gasteiger partial charge is 0.246 e. The Balaban J connectivity index is 1.85. The van der Waals surface area contributed by atoms with E-state index in [4.69, 9.17) is 11.6 Å². The van der Waals surface area contributed by atoms with E-state index < -0.39 is 6.04 Å². The molecule has 0 fully saturated rings. The molecule has 1 heterocycles. The van der Waals surface area contributed by atoms with Crippen LogP contribution >= 0.6 is 11.6 Å². The monoisotopic (exact) mass is 394 g/mol. The fraction of sp³-hybridized carbons (Fsp3) is 0.227. The maximum Gasteiger partial charge on any atom is 0.246 e. The maximum atomic E-state index is 12.7. The predicted molar refractivity (Wildman–Crippen MR) is 115 cm³/mol.